The molecule has 130 valence electrons. The number of hydrogen-bond acceptors (Lipinski definition) is 4. The maximum atomic E-state index is 12.2. The molecule has 3 aromatic rings. The van der Waals surface area contributed by atoms with E-state index in [1.54, 1.807) is 10.9 Å². The molecule has 0 radical (unpaired) electrons. The maximum Gasteiger partial charge on any atom is 0.319 e. The lowest BCUT2D eigenvalue weighted by molar-refractivity contribution is 0.249. The third-order valence-corrected chi connectivity index (χ3v) is 3.94. The van der Waals surface area contributed by atoms with Crippen molar-refractivity contribution >= 4 is 11.7 Å². The molecule has 0 aliphatic carbocycles. The highest BCUT2D eigenvalue weighted by Crippen LogP contribution is 2.15. The molecule has 2 aromatic heterocycles. The van der Waals surface area contributed by atoms with Gasteiger partial charge in [0, 0.05) is 29.7 Å². The number of aromatic nitrogens is 3. The summed E-state index contributed by atoms with van der Waals surface area (Å²) >= 11 is 0. The number of amides is 2. The number of aryl methyl sites for hydroxylation is 2. The van der Waals surface area contributed by atoms with E-state index in [-0.39, 0.29) is 12.1 Å². The molecule has 25 heavy (non-hydrogen) atoms. The molecule has 7 heteroatoms. The first-order valence-electron chi connectivity index (χ1n) is 8.12. The Labute approximate surface area is 146 Å². The van der Waals surface area contributed by atoms with Crippen molar-refractivity contribution < 1.29 is 9.32 Å². The van der Waals surface area contributed by atoms with Crippen molar-refractivity contribution in [3.63, 3.8) is 0 Å². The van der Waals surface area contributed by atoms with Gasteiger partial charge in [-0.05, 0) is 51.5 Å². The monoisotopic (exact) mass is 339 g/mol. The van der Waals surface area contributed by atoms with E-state index in [1.807, 2.05) is 57.3 Å². The summed E-state index contributed by atoms with van der Waals surface area (Å²) in [4.78, 5) is 12.2. The Balaban J connectivity index is 1.60. The average Bonchev–Trinajstić information content (AvgIpc) is 3.21. The molecular weight excluding hydrogens is 318 g/mol. The SMILES string of the molecule is Cc1noc(C)c1C[C@H](C)NC(=O)Nc1cccc(-n2cccn2)c1. The van der Waals surface area contributed by atoms with Gasteiger partial charge in [0.1, 0.15) is 5.76 Å². The second-order valence-electron chi connectivity index (χ2n) is 6.01. The van der Waals surface area contributed by atoms with E-state index < -0.39 is 0 Å². The van der Waals surface area contributed by atoms with Gasteiger partial charge >= 0.3 is 6.03 Å². The van der Waals surface area contributed by atoms with Crippen LogP contribution >= 0.6 is 0 Å². The highest BCUT2D eigenvalue weighted by molar-refractivity contribution is 5.89. The summed E-state index contributed by atoms with van der Waals surface area (Å²) in [5.41, 5.74) is 3.48. The number of rotatable bonds is 5. The maximum absolute atomic E-state index is 12.2. The summed E-state index contributed by atoms with van der Waals surface area (Å²) in [6.45, 7) is 5.73. The Kier molecular flexibility index (Phi) is 4.83. The van der Waals surface area contributed by atoms with E-state index >= 15 is 0 Å². The highest BCUT2D eigenvalue weighted by atomic mass is 16.5. The largest absolute Gasteiger partial charge is 0.361 e. The van der Waals surface area contributed by atoms with Gasteiger partial charge in [0.2, 0.25) is 0 Å². The molecule has 1 aromatic carbocycles. The van der Waals surface area contributed by atoms with Crippen LogP contribution in [0.5, 0.6) is 0 Å². The molecule has 0 saturated heterocycles. The molecule has 0 fully saturated rings. The van der Waals surface area contributed by atoms with E-state index in [9.17, 15) is 4.79 Å². The fourth-order valence-electron chi connectivity index (χ4n) is 2.69. The van der Waals surface area contributed by atoms with Crippen molar-refractivity contribution in [2.45, 2.75) is 33.2 Å². The lowest BCUT2D eigenvalue weighted by Crippen LogP contribution is -2.37. The first-order chi connectivity index (χ1) is 12.0. The minimum atomic E-state index is -0.253. The Hall–Kier alpha value is -3.09. The molecule has 7 nitrogen and oxygen atoms in total. The van der Waals surface area contributed by atoms with Crippen LogP contribution in [-0.4, -0.2) is 27.0 Å². The van der Waals surface area contributed by atoms with Crippen LogP contribution in [0.3, 0.4) is 0 Å². The number of carbonyl (C=O) groups excluding carboxylic acids is 1. The van der Waals surface area contributed by atoms with Gasteiger partial charge in [0.15, 0.2) is 0 Å². The summed E-state index contributed by atoms with van der Waals surface area (Å²) < 4.78 is 6.90. The first kappa shape index (κ1) is 16.8. The molecule has 0 aliphatic rings. The molecule has 0 unspecified atom stereocenters. The number of carbonyl (C=O) groups is 1. The fourth-order valence-corrected chi connectivity index (χ4v) is 2.69. The third kappa shape index (κ3) is 4.06. The average molecular weight is 339 g/mol. The van der Waals surface area contributed by atoms with E-state index in [1.165, 1.54) is 0 Å². The molecular formula is C18H21N5O2. The summed E-state index contributed by atoms with van der Waals surface area (Å²) in [6, 6.07) is 9.05. The Bertz CT molecular complexity index is 835. The summed E-state index contributed by atoms with van der Waals surface area (Å²) in [5, 5.41) is 13.9. The normalized spacial score (nSPS) is 12.0. The van der Waals surface area contributed by atoms with Crippen LogP contribution in [0.4, 0.5) is 10.5 Å². The van der Waals surface area contributed by atoms with Gasteiger partial charge in [-0.1, -0.05) is 11.2 Å². The lowest BCUT2D eigenvalue weighted by atomic mass is 10.1. The number of anilines is 1. The Morgan fingerprint density at radius 1 is 1.32 bits per heavy atom. The van der Waals surface area contributed by atoms with Crippen molar-refractivity contribution in [1.82, 2.24) is 20.3 Å². The predicted molar refractivity (Wildman–Crippen MR) is 94.9 cm³/mol. The van der Waals surface area contributed by atoms with Crippen LogP contribution in [0.1, 0.15) is 23.9 Å². The van der Waals surface area contributed by atoms with Crippen LogP contribution in [0, 0.1) is 13.8 Å². The van der Waals surface area contributed by atoms with Crippen LogP contribution < -0.4 is 10.6 Å². The van der Waals surface area contributed by atoms with E-state index in [0.717, 1.165) is 22.7 Å². The van der Waals surface area contributed by atoms with Crippen LogP contribution in [0.2, 0.25) is 0 Å². The molecule has 0 spiro atoms. The molecule has 2 N–H and O–H groups in total. The van der Waals surface area contributed by atoms with Crippen molar-refractivity contribution in [2.75, 3.05) is 5.32 Å². The summed E-state index contributed by atoms with van der Waals surface area (Å²) in [5.74, 6) is 0.790. The molecule has 0 aliphatic heterocycles. The molecule has 1 atom stereocenters. The second kappa shape index (κ2) is 7.21. The molecule has 2 heterocycles. The van der Waals surface area contributed by atoms with E-state index in [2.05, 4.69) is 20.9 Å². The number of nitrogens with zero attached hydrogens (tertiary/aromatic N) is 3. The number of hydrogen-bond donors (Lipinski definition) is 2. The molecule has 3 rings (SSSR count). The summed E-state index contributed by atoms with van der Waals surface area (Å²) in [6.07, 6.45) is 4.23. The van der Waals surface area contributed by atoms with Gasteiger partial charge in [-0.25, -0.2) is 9.48 Å². The van der Waals surface area contributed by atoms with Crippen molar-refractivity contribution in [3.8, 4) is 5.69 Å². The summed E-state index contributed by atoms with van der Waals surface area (Å²) in [7, 11) is 0. The van der Waals surface area contributed by atoms with E-state index in [0.29, 0.717) is 12.1 Å². The molecule has 0 bridgehead atoms. The molecule has 0 saturated carbocycles. The zero-order chi connectivity index (χ0) is 17.8. The van der Waals surface area contributed by atoms with Crippen LogP contribution in [-0.2, 0) is 6.42 Å². The van der Waals surface area contributed by atoms with Crippen molar-refractivity contribution in [2.24, 2.45) is 0 Å². The third-order valence-electron chi connectivity index (χ3n) is 3.94. The zero-order valence-electron chi connectivity index (χ0n) is 14.5. The second-order valence-corrected chi connectivity index (χ2v) is 6.01. The standard InChI is InChI=1S/C18H21N5O2/c1-12(10-17-13(2)22-25-14(17)3)20-18(24)21-15-6-4-7-16(11-15)23-9-5-8-19-23/h4-9,11-12H,10H2,1-3H3,(H2,20,21,24)/t12-/m0/s1. The number of nitrogens with one attached hydrogen (secondary N) is 2. The molecule has 2 amide bonds. The van der Waals surface area contributed by atoms with Crippen LogP contribution in [0.15, 0.2) is 47.2 Å². The predicted octanol–water partition coefficient (Wildman–Crippen LogP) is 3.23. The zero-order valence-corrected chi connectivity index (χ0v) is 14.5. The quantitative estimate of drug-likeness (QED) is 0.747. The van der Waals surface area contributed by atoms with Crippen molar-refractivity contribution in [3.05, 3.63) is 59.7 Å². The number of benzene rings is 1. The van der Waals surface area contributed by atoms with Gasteiger partial charge in [0.05, 0.1) is 11.4 Å². The Morgan fingerprint density at radius 3 is 2.84 bits per heavy atom. The number of urea groups is 1. The minimum Gasteiger partial charge on any atom is -0.361 e. The van der Waals surface area contributed by atoms with Crippen molar-refractivity contribution in [1.29, 1.82) is 0 Å². The smallest absolute Gasteiger partial charge is 0.319 e. The van der Waals surface area contributed by atoms with Gasteiger partial charge in [-0.3, -0.25) is 0 Å². The minimum absolute atomic E-state index is 0.0499. The van der Waals surface area contributed by atoms with Gasteiger partial charge in [-0.15, -0.1) is 0 Å². The van der Waals surface area contributed by atoms with Gasteiger partial charge < -0.3 is 15.2 Å². The topological polar surface area (TPSA) is 85.0 Å². The van der Waals surface area contributed by atoms with Gasteiger partial charge in [0.25, 0.3) is 0 Å². The van der Waals surface area contributed by atoms with E-state index in [4.69, 9.17) is 4.52 Å². The van der Waals surface area contributed by atoms with Crippen LogP contribution in [0.25, 0.3) is 5.69 Å². The first-order valence-corrected chi connectivity index (χ1v) is 8.12. The highest BCUT2D eigenvalue weighted by Gasteiger charge is 2.14. The fraction of sp³-hybridized carbons (Fsp3) is 0.278. The van der Waals surface area contributed by atoms with Gasteiger partial charge in [-0.2, -0.15) is 5.10 Å². The Morgan fingerprint density at radius 2 is 2.16 bits per heavy atom. The lowest BCUT2D eigenvalue weighted by Gasteiger charge is -2.15.